The zero-order valence-electron chi connectivity index (χ0n) is 20.6. The fraction of sp³-hybridized carbons (Fsp3) is 0.333. The quantitative estimate of drug-likeness (QED) is 0.369. The minimum absolute atomic E-state index is 0.0727. The maximum absolute atomic E-state index is 13.8. The number of benzene rings is 1. The Morgan fingerprint density at radius 3 is 2.34 bits per heavy atom. The zero-order valence-corrected chi connectivity index (χ0v) is 21.3. The van der Waals surface area contributed by atoms with Crippen LogP contribution < -0.4 is 9.67 Å². The third kappa shape index (κ3) is 4.48. The van der Waals surface area contributed by atoms with Gasteiger partial charge in [-0.15, -0.1) is 0 Å². The Hall–Kier alpha value is -3.45. The smallest absolute Gasteiger partial charge is 0.326 e. The molecule has 1 aromatic carbocycles. The van der Waals surface area contributed by atoms with Crippen LogP contribution in [0.1, 0.15) is 57.4 Å². The van der Waals surface area contributed by atoms with E-state index < -0.39 is 17.7 Å². The molecule has 35 heavy (non-hydrogen) atoms. The molecule has 0 spiro atoms. The highest BCUT2D eigenvalue weighted by Crippen LogP contribution is 2.39. The summed E-state index contributed by atoms with van der Waals surface area (Å²) in [4.78, 5) is 28.6. The summed E-state index contributed by atoms with van der Waals surface area (Å²) in [6, 6.07) is 10.6. The molecule has 8 heteroatoms. The lowest BCUT2D eigenvalue weighted by atomic mass is 9.98. The summed E-state index contributed by atoms with van der Waals surface area (Å²) >= 11 is 6.03. The molecule has 1 aliphatic heterocycles. The normalized spacial score (nSPS) is 14.2. The Balaban J connectivity index is 2.01. The molecule has 0 saturated carbocycles. The SMILES string of the molecule is CCc1ccc[n+](C2=C(c3c(C(C)C)nn(-c4ccc(Cl)cc4)c3[O-])C(=O)N(CC(C)C)C2=O)c1. The number of hydrogen-bond acceptors (Lipinski definition) is 4. The highest BCUT2D eigenvalue weighted by Gasteiger charge is 2.47. The summed E-state index contributed by atoms with van der Waals surface area (Å²) in [5, 5.41) is 18.9. The van der Waals surface area contributed by atoms with E-state index in [1.807, 2.05) is 52.9 Å². The minimum atomic E-state index is -0.470. The standard InChI is InChI=1S/C27H29ClN4O3/c1-6-18-8-7-13-30(15-18)24-22(25(33)31(27(24)35)14-16(2)3)21-23(17(4)5)29-32(26(21)34)20-11-9-19(28)10-12-20/h7-13,15-17H,6,14H2,1-5H3. The van der Waals surface area contributed by atoms with Gasteiger partial charge in [0.15, 0.2) is 12.4 Å². The zero-order chi connectivity index (χ0) is 25.4. The summed E-state index contributed by atoms with van der Waals surface area (Å²) in [6.07, 6.45) is 4.34. The van der Waals surface area contributed by atoms with E-state index in [4.69, 9.17) is 11.6 Å². The van der Waals surface area contributed by atoms with Crippen molar-refractivity contribution in [1.82, 2.24) is 14.7 Å². The minimum Gasteiger partial charge on any atom is -0.858 e. The van der Waals surface area contributed by atoms with Gasteiger partial charge in [-0.1, -0.05) is 46.2 Å². The number of carbonyl (C=O) groups is 2. The van der Waals surface area contributed by atoms with Crippen molar-refractivity contribution in [3.05, 3.63) is 70.6 Å². The number of nitrogens with zero attached hydrogens (tertiary/aromatic N) is 4. The molecule has 0 saturated heterocycles. The predicted molar refractivity (Wildman–Crippen MR) is 133 cm³/mol. The van der Waals surface area contributed by atoms with Crippen molar-refractivity contribution >= 4 is 34.7 Å². The van der Waals surface area contributed by atoms with E-state index in [1.54, 1.807) is 35.0 Å². The van der Waals surface area contributed by atoms with Gasteiger partial charge in [0.2, 0.25) is 0 Å². The summed E-state index contributed by atoms with van der Waals surface area (Å²) in [5.74, 6) is -1.41. The number of hydrogen-bond donors (Lipinski definition) is 0. The van der Waals surface area contributed by atoms with Crippen LogP contribution in [0.25, 0.3) is 17.0 Å². The average molecular weight is 493 g/mol. The summed E-state index contributed by atoms with van der Waals surface area (Å²) < 4.78 is 2.94. The first-order valence-corrected chi connectivity index (χ1v) is 12.2. The maximum Gasteiger partial charge on any atom is 0.326 e. The highest BCUT2D eigenvalue weighted by molar-refractivity contribution is 6.45. The lowest BCUT2D eigenvalue weighted by Crippen LogP contribution is -2.41. The van der Waals surface area contributed by atoms with Gasteiger partial charge in [0, 0.05) is 28.8 Å². The van der Waals surface area contributed by atoms with Gasteiger partial charge in [-0.05, 0) is 54.5 Å². The highest BCUT2D eigenvalue weighted by atomic mass is 35.5. The van der Waals surface area contributed by atoms with Gasteiger partial charge < -0.3 is 5.11 Å². The lowest BCUT2D eigenvalue weighted by Gasteiger charge is -2.17. The first kappa shape index (κ1) is 24.7. The Kier molecular flexibility index (Phi) is 6.81. The second kappa shape index (κ2) is 9.66. The summed E-state index contributed by atoms with van der Waals surface area (Å²) in [6.45, 7) is 9.99. The third-order valence-corrected chi connectivity index (χ3v) is 6.21. The molecule has 182 valence electrons. The van der Waals surface area contributed by atoms with E-state index in [0.717, 1.165) is 12.0 Å². The first-order valence-electron chi connectivity index (χ1n) is 11.8. The molecular weight excluding hydrogens is 464 g/mol. The molecule has 2 amide bonds. The Labute approximate surface area is 210 Å². The van der Waals surface area contributed by atoms with E-state index in [0.29, 0.717) is 16.4 Å². The molecule has 0 bridgehead atoms. The van der Waals surface area contributed by atoms with Gasteiger partial charge in [-0.2, -0.15) is 9.67 Å². The molecule has 0 aliphatic carbocycles. The fourth-order valence-corrected chi connectivity index (χ4v) is 4.37. The van der Waals surface area contributed by atoms with E-state index in [2.05, 4.69) is 5.10 Å². The molecule has 3 aromatic rings. The van der Waals surface area contributed by atoms with Gasteiger partial charge in [-0.3, -0.25) is 14.5 Å². The second-order valence-corrected chi connectivity index (χ2v) is 9.86. The third-order valence-electron chi connectivity index (χ3n) is 5.96. The van der Waals surface area contributed by atoms with Crippen LogP contribution in [0.3, 0.4) is 0 Å². The van der Waals surface area contributed by atoms with Crippen LogP contribution >= 0.6 is 11.6 Å². The van der Waals surface area contributed by atoms with E-state index >= 15 is 0 Å². The Morgan fingerprint density at radius 1 is 1.06 bits per heavy atom. The Bertz CT molecular complexity index is 1320. The monoisotopic (exact) mass is 492 g/mol. The Morgan fingerprint density at radius 2 is 1.74 bits per heavy atom. The molecule has 0 unspecified atom stereocenters. The van der Waals surface area contributed by atoms with Crippen LogP contribution in [0.15, 0.2) is 48.8 Å². The molecule has 4 rings (SSSR count). The number of halogens is 1. The molecule has 1 aliphatic rings. The van der Waals surface area contributed by atoms with Crippen LogP contribution in [0, 0.1) is 5.92 Å². The molecule has 0 radical (unpaired) electrons. The number of carbonyl (C=O) groups excluding carboxylic acids is 2. The number of amides is 2. The van der Waals surface area contributed by atoms with Crippen molar-refractivity contribution in [2.24, 2.45) is 5.92 Å². The molecule has 0 atom stereocenters. The van der Waals surface area contributed by atoms with E-state index in [-0.39, 0.29) is 35.2 Å². The van der Waals surface area contributed by atoms with Crippen LogP contribution in [0.2, 0.25) is 5.02 Å². The first-order chi connectivity index (χ1) is 16.6. The van der Waals surface area contributed by atoms with Crippen LogP contribution in [0.4, 0.5) is 0 Å². The predicted octanol–water partition coefficient (Wildman–Crippen LogP) is 3.97. The lowest BCUT2D eigenvalue weighted by molar-refractivity contribution is -0.577. The molecule has 2 aromatic heterocycles. The van der Waals surface area contributed by atoms with Gasteiger partial charge in [0.05, 0.1) is 11.4 Å². The van der Waals surface area contributed by atoms with E-state index in [9.17, 15) is 14.7 Å². The number of imide groups is 1. The van der Waals surface area contributed by atoms with Crippen molar-refractivity contribution < 1.29 is 19.3 Å². The number of rotatable bonds is 7. The van der Waals surface area contributed by atoms with Crippen molar-refractivity contribution in [2.75, 3.05) is 6.54 Å². The molecule has 0 fully saturated rings. The van der Waals surface area contributed by atoms with Crippen LogP contribution in [0.5, 0.6) is 5.88 Å². The molecule has 0 N–H and O–H groups in total. The fourth-order valence-electron chi connectivity index (χ4n) is 4.25. The number of aromatic nitrogens is 3. The summed E-state index contributed by atoms with van der Waals surface area (Å²) in [5.41, 5.74) is 2.46. The van der Waals surface area contributed by atoms with E-state index in [1.165, 1.54) is 9.58 Å². The number of pyridine rings is 1. The van der Waals surface area contributed by atoms with Crippen LogP contribution in [-0.2, 0) is 16.0 Å². The second-order valence-electron chi connectivity index (χ2n) is 9.42. The topological polar surface area (TPSA) is 82.1 Å². The van der Waals surface area contributed by atoms with Crippen molar-refractivity contribution in [3.63, 3.8) is 0 Å². The van der Waals surface area contributed by atoms with Gasteiger partial charge in [-0.25, -0.2) is 4.68 Å². The van der Waals surface area contributed by atoms with Crippen molar-refractivity contribution in [1.29, 1.82) is 0 Å². The van der Waals surface area contributed by atoms with Crippen molar-refractivity contribution in [2.45, 2.75) is 47.0 Å². The largest absolute Gasteiger partial charge is 0.858 e. The van der Waals surface area contributed by atoms with Gasteiger partial charge >= 0.3 is 5.91 Å². The van der Waals surface area contributed by atoms with Gasteiger partial charge in [0.1, 0.15) is 5.57 Å². The molecule has 7 nitrogen and oxygen atoms in total. The average Bonchev–Trinajstić information content (AvgIpc) is 3.28. The van der Waals surface area contributed by atoms with Crippen LogP contribution in [-0.4, -0.2) is 33.0 Å². The van der Waals surface area contributed by atoms with Crippen molar-refractivity contribution in [3.8, 4) is 11.6 Å². The molecular formula is C27H29ClN4O3. The maximum atomic E-state index is 13.8. The van der Waals surface area contributed by atoms with Gasteiger partial charge in [0.25, 0.3) is 11.6 Å². The number of aryl methyl sites for hydroxylation is 1. The summed E-state index contributed by atoms with van der Waals surface area (Å²) in [7, 11) is 0. The molecule has 3 heterocycles.